The van der Waals surface area contributed by atoms with E-state index < -0.39 is 11.2 Å². The van der Waals surface area contributed by atoms with Crippen molar-refractivity contribution in [2.75, 3.05) is 11.1 Å². The van der Waals surface area contributed by atoms with Gasteiger partial charge < -0.3 is 5.32 Å². The first-order valence-corrected chi connectivity index (χ1v) is 11.5. The van der Waals surface area contributed by atoms with Gasteiger partial charge >= 0.3 is 5.69 Å². The highest BCUT2D eigenvalue weighted by Gasteiger charge is 2.32. The Morgan fingerprint density at radius 1 is 1.12 bits per heavy atom. The summed E-state index contributed by atoms with van der Waals surface area (Å²) in [6, 6.07) is 6.69. The molecule has 2 N–H and O–H groups in total. The van der Waals surface area contributed by atoms with E-state index in [9.17, 15) is 19.2 Å². The van der Waals surface area contributed by atoms with Crippen LogP contribution >= 0.6 is 11.8 Å². The van der Waals surface area contributed by atoms with E-state index in [4.69, 9.17) is 0 Å². The van der Waals surface area contributed by atoms with Crippen molar-refractivity contribution in [1.82, 2.24) is 19.5 Å². The maximum Gasteiger partial charge on any atom is 0.330 e. The van der Waals surface area contributed by atoms with Gasteiger partial charge in [-0.25, -0.2) is 14.8 Å². The Hall–Kier alpha value is -3.27. The van der Waals surface area contributed by atoms with E-state index in [2.05, 4.69) is 20.3 Å². The molecule has 10 heteroatoms. The highest BCUT2D eigenvalue weighted by Crippen LogP contribution is 2.40. The molecule has 0 radical (unpaired) electrons. The standard InChI is InChI=1S/C22H21N5O4S/c1-11(28)12-4-6-14(7-5-12)23-16(29)10-32-21-17-19(24-18(25-21)13-2-3-13)27(15-8-9-15)22(31)26-20(17)30/h4-7,13,15H,2-3,8-10H2,1H3,(H,23,29)(H,26,30,31). The number of hydrogen-bond donors (Lipinski definition) is 2. The van der Waals surface area contributed by atoms with Crippen LogP contribution in [0.5, 0.6) is 0 Å². The lowest BCUT2D eigenvalue weighted by Crippen LogP contribution is -2.31. The number of benzene rings is 1. The number of nitrogens with zero attached hydrogens (tertiary/aromatic N) is 3. The second-order valence-corrected chi connectivity index (χ2v) is 9.15. The third-order valence-corrected chi connectivity index (χ3v) is 6.51. The lowest BCUT2D eigenvalue weighted by Gasteiger charge is -2.12. The highest BCUT2D eigenvalue weighted by molar-refractivity contribution is 8.00. The van der Waals surface area contributed by atoms with Gasteiger partial charge in [0.1, 0.15) is 16.2 Å². The molecule has 0 bridgehead atoms. The Morgan fingerprint density at radius 2 is 1.84 bits per heavy atom. The van der Waals surface area contributed by atoms with Gasteiger partial charge in [-0.2, -0.15) is 0 Å². The summed E-state index contributed by atoms with van der Waals surface area (Å²) in [5.41, 5.74) is 0.520. The molecule has 0 saturated heterocycles. The number of aromatic amines is 1. The Kier molecular flexibility index (Phi) is 5.16. The quantitative estimate of drug-likeness (QED) is 0.321. The van der Waals surface area contributed by atoms with Crippen molar-refractivity contribution < 1.29 is 9.59 Å². The van der Waals surface area contributed by atoms with E-state index in [0.29, 0.717) is 27.7 Å². The average molecular weight is 452 g/mol. The maximum atomic E-state index is 12.6. The number of Topliss-reactive ketones (excluding diaryl/α,β-unsaturated/α-hetero) is 1. The Morgan fingerprint density at radius 3 is 2.47 bits per heavy atom. The zero-order valence-corrected chi connectivity index (χ0v) is 18.2. The minimum absolute atomic E-state index is 0.0344. The van der Waals surface area contributed by atoms with Crippen LogP contribution in [0.3, 0.4) is 0 Å². The fourth-order valence-electron chi connectivity index (χ4n) is 3.55. The van der Waals surface area contributed by atoms with Crippen LogP contribution in [0, 0.1) is 0 Å². The molecule has 5 rings (SSSR count). The first kappa shape index (κ1) is 20.6. The molecular formula is C22H21N5O4S. The predicted molar refractivity (Wildman–Crippen MR) is 120 cm³/mol. The van der Waals surface area contributed by atoms with Crippen molar-refractivity contribution in [3.05, 3.63) is 56.5 Å². The maximum absolute atomic E-state index is 12.6. The molecular weight excluding hydrogens is 430 g/mol. The van der Waals surface area contributed by atoms with Crippen LogP contribution in [-0.2, 0) is 4.79 Å². The van der Waals surface area contributed by atoms with Crippen molar-refractivity contribution >= 4 is 40.2 Å². The fourth-order valence-corrected chi connectivity index (χ4v) is 4.38. The summed E-state index contributed by atoms with van der Waals surface area (Å²) in [5.74, 6) is 0.578. The number of amides is 1. The first-order chi connectivity index (χ1) is 15.4. The number of fused-ring (bicyclic) bond motifs is 1. The molecule has 2 aromatic heterocycles. The van der Waals surface area contributed by atoms with Crippen LogP contribution in [0.2, 0.25) is 0 Å². The van der Waals surface area contributed by atoms with Crippen molar-refractivity contribution in [2.45, 2.75) is 49.6 Å². The van der Waals surface area contributed by atoms with Crippen LogP contribution in [0.4, 0.5) is 5.69 Å². The third kappa shape index (κ3) is 4.10. The molecule has 2 saturated carbocycles. The van der Waals surface area contributed by atoms with Crippen LogP contribution in [0.25, 0.3) is 11.0 Å². The number of hydrogen-bond acceptors (Lipinski definition) is 7. The molecule has 2 aliphatic rings. The van der Waals surface area contributed by atoms with E-state index >= 15 is 0 Å². The largest absolute Gasteiger partial charge is 0.330 e. The van der Waals surface area contributed by atoms with Gasteiger partial charge in [-0.15, -0.1) is 0 Å². The lowest BCUT2D eigenvalue weighted by atomic mass is 10.1. The van der Waals surface area contributed by atoms with Gasteiger partial charge in [0.2, 0.25) is 5.91 Å². The minimum atomic E-state index is -0.535. The van der Waals surface area contributed by atoms with Crippen LogP contribution in [0.1, 0.15) is 60.7 Å². The van der Waals surface area contributed by atoms with Gasteiger partial charge in [0, 0.05) is 23.2 Å². The van der Waals surface area contributed by atoms with Gasteiger partial charge in [-0.1, -0.05) is 11.8 Å². The summed E-state index contributed by atoms with van der Waals surface area (Å²) in [4.78, 5) is 60.5. The zero-order chi connectivity index (χ0) is 22.4. The normalized spacial score (nSPS) is 15.7. The number of H-pyrrole nitrogens is 1. The zero-order valence-electron chi connectivity index (χ0n) is 17.4. The van der Waals surface area contributed by atoms with Gasteiger partial charge in [0.15, 0.2) is 11.4 Å². The van der Waals surface area contributed by atoms with Crippen molar-refractivity contribution in [1.29, 1.82) is 0 Å². The summed E-state index contributed by atoms with van der Waals surface area (Å²) in [5, 5.41) is 3.45. The number of anilines is 1. The van der Waals surface area contributed by atoms with E-state index in [1.165, 1.54) is 6.92 Å². The molecule has 164 valence electrons. The Labute approximate surface area is 186 Å². The number of carbonyl (C=O) groups is 2. The predicted octanol–water partition coefficient (Wildman–Crippen LogP) is 2.63. The van der Waals surface area contributed by atoms with E-state index in [-0.39, 0.29) is 34.8 Å². The summed E-state index contributed by atoms with van der Waals surface area (Å²) < 4.78 is 1.56. The number of rotatable bonds is 7. The van der Waals surface area contributed by atoms with Crippen molar-refractivity contribution in [3.63, 3.8) is 0 Å². The van der Waals surface area contributed by atoms with Gasteiger partial charge in [0.05, 0.1) is 5.75 Å². The number of aromatic nitrogens is 4. The monoisotopic (exact) mass is 451 g/mol. The number of thioether (sulfide) groups is 1. The molecule has 1 aromatic carbocycles. The van der Waals surface area contributed by atoms with Gasteiger partial charge in [0.25, 0.3) is 5.56 Å². The number of nitrogens with one attached hydrogen (secondary N) is 2. The number of ketones is 1. The second kappa shape index (κ2) is 8.01. The molecule has 2 aliphatic carbocycles. The molecule has 1 amide bonds. The third-order valence-electron chi connectivity index (χ3n) is 5.54. The molecule has 3 aromatic rings. The van der Waals surface area contributed by atoms with Crippen LogP contribution in [0.15, 0.2) is 38.9 Å². The van der Waals surface area contributed by atoms with E-state index in [1.807, 2.05) is 0 Å². The highest BCUT2D eigenvalue weighted by atomic mass is 32.2. The molecule has 0 aliphatic heterocycles. The lowest BCUT2D eigenvalue weighted by molar-refractivity contribution is -0.113. The minimum Gasteiger partial charge on any atom is -0.325 e. The van der Waals surface area contributed by atoms with Gasteiger partial charge in [-0.05, 0) is 56.9 Å². The molecule has 0 spiro atoms. The average Bonchev–Trinajstić information content (AvgIpc) is 3.65. The van der Waals surface area contributed by atoms with E-state index in [0.717, 1.165) is 37.4 Å². The Bertz CT molecular complexity index is 1350. The smallest absolute Gasteiger partial charge is 0.325 e. The topological polar surface area (TPSA) is 127 Å². The molecule has 32 heavy (non-hydrogen) atoms. The van der Waals surface area contributed by atoms with Crippen molar-refractivity contribution in [2.24, 2.45) is 0 Å². The van der Waals surface area contributed by atoms with Crippen LogP contribution < -0.4 is 16.6 Å². The fraction of sp³-hybridized carbons (Fsp3) is 0.364. The Balaban J connectivity index is 1.43. The molecule has 9 nitrogen and oxygen atoms in total. The summed E-state index contributed by atoms with van der Waals surface area (Å²) in [6.45, 7) is 1.48. The molecule has 2 fully saturated rings. The van der Waals surface area contributed by atoms with Crippen molar-refractivity contribution in [3.8, 4) is 0 Å². The summed E-state index contributed by atoms with van der Waals surface area (Å²) in [6.07, 6.45) is 3.70. The first-order valence-electron chi connectivity index (χ1n) is 10.5. The number of carbonyl (C=O) groups excluding carboxylic acids is 2. The summed E-state index contributed by atoms with van der Waals surface area (Å²) in [7, 11) is 0. The second-order valence-electron chi connectivity index (χ2n) is 8.19. The molecule has 0 atom stereocenters. The summed E-state index contributed by atoms with van der Waals surface area (Å²) >= 11 is 1.15. The molecule has 0 unspecified atom stereocenters. The molecule has 2 heterocycles. The van der Waals surface area contributed by atoms with Crippen LogP contribution in [-0.4, -0.2) is 37.0 Å². The van der Waals surface area contributed by atoms with E-state index in [1.54, 1.807) is 28.8 Å². The SMILES string of the molecule is CC(=O)c1ccc(NC(=O)CSc2nc(C3CC3)nc3c2c(=O)[nH]c(=O)n3C2CC2)cc1. The van der Waals surface area contributed by atoms with Gasteiger partial charge in [-0.3, -0.25) is 23.9 Å².